The lowest BCUT2D eigenvalue weighted by Gasteiger charge is -2.12. The number of hydrogen-bond acceptors (Lipinski definition) is 3. The Morgan fingerprint density at radius 2 is 2.14 bits per heavy atom. The minimum absolute atomic E-state index is 0.0354. The lowest BCUT2D eigenvalue weighted by molar-refractivity contribution is 0.0679. The van der Waals surface area contributed by atoms with E-state index in [4.69, 9.17) is 4.74 Å². The van der Waals surface area contributed by atoms with E-state index in [1.807, 2.05) is 0 Å². The summed E-state index contributed by atoms with van der Waals surface area (Å²) in [7, 11) is 0. The highest BCUT2D eigenvalue weighted by Gasteiger charge is 2.24. The summed E-state index contributed by atoms with van der Waals surface area (Å²) in [5, 5.41) is 13.4. The van der Waals surface area contributed by atoms with Crippen LogP contribution in [0.25, 0.3) is 5.69 Å². The van der Waals surface area contributed by atoms with E-state index in [9.17, 15) is 14.3 Å². The Morgan fingerprint density at radius 3 is 2.81 bits per heavy atom. The molecule has 0 bridgehead atoms. The molecule has 110 valence electrons. The van der Waals surface area contributed by atoms with Crippen molar-refractivity contribution in [3.05, 3.63) is 42.0 Å². The number of aromatic nitrogens is 2. The topological polar surface area (TPSA) is 64.3 Å². The predicted octanol–water partition coefficient (Wildman–Crippen LogP) is 3.03. The second-order valence-corrected chi connectivity index (χ2v) is 5.08. The van der Waals surface area contributed by atoms with Crippen LogP contribution in [0.2, 0.25) is 0 Å². The van der Waals surface area contributed by atoms with E-state index >= 15 is 0 Å². The zero-order chi connectivity index (χ0) is 14.8. The van der Waals surface area contributed by atoms with Gasteiger partial charge in [0.25, 0.3) is 0 Å². The van der Waals surface area contributed by atoms with Crippen LogP contribution in [-0.4, -0.2) is 27.0 Å². The van der Waals surface area contributed by atoms with Crippen LogP contribution in [0.5, 0.6) is 5.75 Å². The molecule has 0 radical (unpaired) electrons. The third-order valence-corrected chi connectivity index (χ3v) is 3.59. The number of nitrogens with zero attached hydrogens (tertiary/aromatic N) is 2. The Bertz CT molecular complexity index is 663. The summed E-state index contributed by atoms with van der Waals surface area (Å²) in [5.74, 6) is -1.36. The molecule has 6 heteroatoms. The van der Waals surface area contributed by atoms with E-state index in [2.05, 4.69) is 5.10 Å². The van der Waals surface area contributed by atoms with Gasteiger partial charge in [0, 0.05) is 0 Å². The second kappa shape index (κ2) is 5.55. The van der Waals surface area contributed by atoms with Crippen molar-refractivity contribution >= 4 is 5.97 Å². The first kappa shape index (κ1) is 13.6. The van der Waals surface area contributed by atoms with E-state index in [1.165, 1.54) is 29.1 Å². The van der Waals surface area contributed by atoms with Crippen molar-refractivity contribution in [3.63, 3.8) is 0 Å². The number of carbonyl (C=O) groups is 1. The Labute approximate surface area is 121 Å². The first-order valence-corrected chi connectivity index (χ1v) is 6.89. The SMILES string of the molecule is O=C(O)c1c(OC2CCCC2)cnn1-c1cccc(F)c1. The van der Waals surface area contributed by atoms with Crippen LogP contribution in [0, 0.1) is 5.82 Å². The van der Waals surface area contributed by atoms with E-state index in [1.54, 1.807) is 6.07 Å². The van der Waals surface area contributed by atoms with Crippen molar-refractivity contribution in [3.8, 4) is 11.4 Å². The van der Waals surface area contributed by atoms with Gasteiger partial charge in [0.15, 0.2) is 11.4 Å². The van der Waals surface area contributed by atoms with Crippen molar-refractivity contribution in [2.24, 2.45) is 0 Å². The summed E-state index contributed by atoms with van der Waals surface area (Å²) >= 11 is 0. The molecule has 1 aliphatic rings. The molecule has 21 heavy (non-hydrogen) atoms. The molecule has 2 aromatic rings. The first-order chi connectivity index (χ1) is 10.1. The van der Waals surface area contributed by atoms with Crippen LogP contribution < -0.4 is 4.74 Å². The minimum Gasteiger partial charge on any atom is -0.486 e. The number of hydrogen-bond donors (Lipinski definition) is 1. The molecule has 1 heterocycles. The monoisotopic (exact) mass is 290 g/mol. The number of aromatic carboxylic acids is 1. The zero-order valence-corrected chi connectivity index (χ0v) is 11.3. The molecule has 5 nitrogen and oxygen atoms in total. The number of rotatable bonds is 4. The number of halogens is 1. The Hall–Kier alpha value is -2.37. The summed E-state index contributed by atoms with van der Waals surface area (Å²) in [4.78, 5) is 11.5. The van der Waals surface area contributed by atoms with Gasteiger partial charge < -0.3 is 9.84 Å². The van der Waals surface area contributed by atoms with Gasteiger partial charge in [-0.05, 0) is 43.9 Å². The lowest BCUT2D eigenvalue weighted by Crippen LogP contribution is -2.15. The molecule has 0 aliphatic heterocycles. The average molecular weight is 290 g/mol. The predicted molar refractivity (Wildman–Crippen MR) is 73.4 cm³/mol. The van der Waals surface area contributed by atoms with Crippen LogP contribution in [0.4, 0.5) is 4.39 Å². The van der Waals surface area contributed by atoms with Crippen molar-refractivity contribution in [1.29, 1.82) is 0 Å². The Morgan fingerprint density at radius 1 is 1.38 bits per heavy atom. The zero-order valence-electron chi connectivity index (χ0n) is 11.3. The van der Waals surface area contributed by atoms with Crippen molar-refractivity contribution in [1.82, 2.24) is 9.78 Å². The van der Waals surface area contributed by atoms with Gasteiger partial charge in [-0.3, -0.25) is 0 Å². The average Bonchev–Trinajstić information content (AvgIpc) is 3.08. The van der Waals surface area contributed by atoms with Gasteiger partial charge in [0.05, 0.1) is 18.0 Å². The third kappa shape index (κ3) is 2.74. The maximum absolute atomic E-state index is 13.3. The standard InChI is InChI=1S/C15H15FN2O3/c16-10-4-3-5-11(8-10)18-14(15(19)20)13(9-17-18)21-12-6-1-2-7-12/h3-5,8-9,12H,1-2,6-7H2,(H,19,20). The van der Waals surface area contributed by atoms with Gasteiger partial charge in [0.1, 0.15) is 5.82 Å². The molecule has 1 saturated carbocycles. The van der Waals surface area contributed by atoms with Crippen LogP contribution >= 0.6 is 0 Å². The molecular formula is C15H15FN2O3. The fraction of sp³-hybridized carbons (Fsp3) is 0.333. The summed E-state index contributed by atoms with van der Waals surface area (Å²) in [5.41, 5.74) is 0.279. The van der Waals surface area contributed by atoms with Gasteiger partial charge in [-0.1, -0.05) is 6.07 Å². The van der Waals surface area contributed by atoms with Crippen molar-refractivity contribution in [2.45, 2.75) is 31.8 Å². The van der Waals surface area contributed by atoms with Crippen LogP contribution in [-0.2, 0) is 0 Å². The maximum atomic E-state index is 13.3. The molecular weight excluding hydrogens is 275 g/mol. The molecule has 1 fully saturated rings. The number of carboxylic acids is 1. The number of ether oxygens (including phenoxy) is 1. The summed E-state index contributed by atoms with van der Waals surface area (Å²) in [6.07, 6.45) is 5.44. The normalized spacial score (nSPS) is 15.3. The number of carboxylic acid groups (broad SMARTS) is 1. The smallest absolute Gasteiger partial charge is 0.358 e. The third-order valence-electron chi connectivity index (χ3n) is 3.59. The van der Waals surface area contributed by atoms with Gasteiger partial charge in [-0.2, -0.15) is 5.10 Å². The molecule has 0 spiro atoms. The molecule has 1 aromatic carbocycles. The minimum atomic E-state index is -1.15. The summed E-state index contributed by atoms with van der Waals surface area (Å²) in [6.45, 7) is 0. The fourth-order valence-electron chi connectivity index (χ4n) is 2.61. The summed E-state index contributed by atoms with van der Waals surface area (Å²) in [6, 6.07) is 5.64. The maximum Gasteiger partial charge on any atom is 0.358 e. The van der Waals surface area contributed by atoms with E-state index < -0.39 is 11.8 Å². The van der Waals surface area contributed by atoms with E-state index in [0.29, 0.717) is 5.69 Å². The Balaban J connectivity index is 1.97. The molecule has 1 aliphatic carbocycles. The molecule has 0 atom stereocenters. The van der Waals surface area contributed by atoms with E-state index in [0.717, 1.165) is 25.7 Å². The highest BCUT2D eigenvalue weighted by Crippen LogP contribution is 2.28. The Kier molecular flexibility index (Phi) is 3.60. The molecule has 0 unspecified atom stereocenters. The summed E-state index contributed by atoms with van der Waals surface area (Å²) < 4.78 is 20.2. The first-order valence-electron chi connectivity index (χ1n) is 6.89. The molecule has 0 amide bonds. The van der Waals surface area contributed by atoms with Crippen molar-refractivity contribution in [2.75, 3.05) is 0 Å². The van der Waals surface area contributed by atoms with Crippen molar-refractivity contribution < 1.29 is 19.0 Å². The van der Waals surface area contributed by atoms with E-state index in [-0.39, 0.29) is 17.5 Å². The fourth-order valence-corrected chi connectivity index (χ4v) is 2.61. The van der Waals surface area contributed by atoms with Crippen LogP contribution in [0.3, 0.4) is 0 Å². The molecule has 1 aromatic heterocycles. The van der Waals surface area contributed by atoms with Crippen LogP contribution in [0.1, 0.15) is 36.2 Å². The lowest BCUT2D eigenvalue weighted by atomic mass is 10.3. The van der Waals surface area contributed by atoms with Gasteiger partial charge in [0.2, 0.25) is 0 Å². The second-order valence-electron chi connectivity index (χ2n) is 5.08. The molecule has 3 rings (SSSR count). The number of benzene rings is 1. The quantitative estimate of drug-likeness (QED) is 0.940. The van der Waals surface area contributed by atoms with Gasteiger partial charge >= 0.3 is 5.97 Å². The van der Waals surface area contributed by atoms with Gasteiger partial charge in [-0.15, -0.1) is 0 Å². The highest BCUT2D eigenvalue weighted by molar-refractivity contribution is 5.89. The molecule has 1 N–H and O–H groups in total. The molecule has 0 saturated heterocycles. The van der Waals surface area contributed by atoms with Gasteiger partial charge in [-0.25, -0.2) is 13.9 Å². The highest BCUT2D eigenvalue weighted by atomic mass is 19.1. The van der Waals surface area contributed by atoms with Crippen LogP contribution in [0.15, 0.2) is 30.5 Å². The largest absolute Gasteiger partial charge is 0.486 e.